The summed E-state index contributed by atoms with van der Waals surface area (Å²) in [6.45, 7) is 1.02. The van der Waals surface area contributed by atoms with Gasteiger partial charge < -0.3 is 10.1 Å². The molecule has 29 heavy (non-hydrogen) atoms. The van der Waals surface area contributed by atoms with E-state index in [1.54, 1.807) is 18.2 Å². The summed E-state index contributed by atoms with van der Waals surface area (Å²) in [6.07, 6.45) is 0. The van der Waals surface area contributed by atoms with E-state index >= 15 is 0 Å². The quantitative estimate of drug-likeness (QED) is 0.544. The lowest BCUT2D eigenvalue weighted by molar-refractivity contribution is -0.385. The number of carbonyl (C=O) groups is 1. The van der Waals surface area contributed by atoms with Crippen molar-refractivity contribution < 1.29 is 22.9 Å². The number of rotatable bonds is 6. The highest BCUT2D eigenvalue weighted by molar-refractivity contribution is 7.89. The van der Waals surface area contributed by atoms with Crippen molar-refractivity contribution in [2.75, 3.05) is 26.3 Å². The van der Waals surface area contributed by atoms with Crippen LogP contribution in [0.2, 0.25) is 5.02 Å². The van der Waals surface area contributed by atoms with Gasteiger partial charge in [0.25, 0.3) is 11.6 Å². The van der Waals surface area contributed by atoms with Crippen LogP contribution in [0.3, 0.4) is 0 Å². The van der Waals surface area contributed by atoms with Gasteiger partial charge in [0, 0.05) is 30.7 Å². The molecule has 0 bridgehead atoms. The molecule has 0 spiro atoms. The van der Waals surface area contributed by atoms with E-state index in [0.29, 0.717) is 18.8 Å². The second kappa shape index (κ2) is 8.87. The molecule has 1 aliphatic rings. The van der Waals surface area contributed by atoms with E-state index in [1.807, 2.05) is 0 Å². The van der Waals surface area contributed by atoms with Crippen LogP contribution in [-0.4, -0.2) is 49.9 Å². The molecule has 1 heterocycles. The molecule has 11 heteroatoms. The fourth-order valence-corrected chi connectivity index (χ4v) is 4.74. The second-order valence-electron chi connectivity index (χ2n) is 6.23. The monoisotopic (exact) mass is 439 g/mol. The summed E-state index contributed by atoms with van der Waals surface area (Å²) in [6, 6.07) is 10.0. The van der Waals surface area contributed by atoms with Gasteiger partial charge in [-0.2, -0.15) is 4.31 Å². The minimum atomic E-state index is -3.76. The van der Waals surface area contributed by atoms with Crippen LogP contribution in [0.25, 0.3) is 0 Å². The van der Waals surface area contributed by atoms with Crippen molar-refractivity contribution in [3.8, 4) is 0 Å². The van der Waals surface area contributed by atoms with Gasteiger partial charge in [-0.1, -0.05) is 29.8 Å². The zero-order valence-electron chi connectivity index (χ0n) is 15.2. The lowest BCUT2D eigenvalue weighted by Gasteiger charge is -2.27. The van der Waals surface area contributed by atoms with Crippen LogP contribution in [0.1, 0.15) is 15.9 Å². The molecular weight excluding hydrogens is 422 g/mol. The number of nitrogens with zero attached hydrogens (tertiary/aromatic N) is 2. The van der Waals surface area contributed by atoms with Gasteiger partial charge in [0.2, 0.25) is 10.0 Å². The van der Waals surface area contributed by atoms with Crippen LogP contribution in [-0.2, 0) is 21.3 Å². The average molecular weight is 440 g/mol. The zero-order valence-corrected chi connectivity index (χ0v) is 16.8. The van der Waals surface area contributed by atoms with E-state index in [2.05, 4.69) is 5.32 Å². The number of hydrogen-bond donors (Lipinski definition) is 1. The summed E-state index contributed by atoms with van der Waals surface area (Å²) in [5.74, 6) is -0.702. The van der Waals surface area contributed by atoms with Crippen molar-refractivity contribution >= 4 is 33.2 Å². The minimum absolute atomic E-state index is 0.0767. The van der Waals surface area contributed by atoms with Gasteiger partial charge in [0.15, 0.2) is 0 Å². The Bertz CT molecular complexity index is 1040. The number of amides is 1. The Morgan fingerprint density at radius 2 is 1.90 bits per heavy atom. The van der Waals surface area contributed by atoms with Crippen LogP contribution in [0.4, 0.5) is 5.69 Å². The number of nitro groups is 1. The first-order chi connectivity index (χ1) is 13.8. The van der Waals surface area contributed by atoms with E-state index in [9.17, 15) is 23.3 Å². The van der Waals surface area contributed by atoms with Crippen molar-refractivity contribution in [1.82, 2.24) is 9.62 Å². The van der Waals surface area contributed by atoms with Crippen LogP contribution in [0.15, 0.2) is 47.4 Å². The summed E-state index contributed by atoms with van der Waals surface area (Å²) < 4.78 is 32.4. The largest absolute Gasteiger partial charge is 0.379 e. The maximum absolute atomic E-state index is 13.0. The fourth-order valence-electron chi connectivity index (χ4n) is 2.95. The molecule has 1 aliphatic heterocycles. The second-order valence-corrected chi connectivity index (χ2v) is 8.57. The first kappa shape index (κ1) is 21.2. The molecule has 0 radical (unpaired) electrons. The lowest BCUT2D eigenvalue weighted by atomic mass is 10.1. The average Bonchev–Trinajstić information content (AvgIpc) is 2.72. The minimum Gasteiger partial charge on any atom is -0.379 e. The topological polar surface area (TPSA) is 119 Å². The van der Waals surface area contributed by atoms with E-state index in [4.69, 9.17) is 16.3 Å². The van der Waals surface area contributed by atoms with Gasteiger partial charge in [0.1, 0.15) is 5.56 Å². The summed E-state index contributed by atoms with van der Waals surface area (Å²) >= 11 is 5.77. The Kier molecular flexibility index (Phi) is 6.48. The Labute approximate surface area is 172 Å². The zero-order chi connectivity index (χ0) is 21.0. The molecule has 154 valence electrons. The molecule has 0 unspecified atom stereocenters. The third-order valence-corrected chi connectivity index (χ3v) is 6.64. The molecule has 1 saturated heterocycles. The summed E-state index contributed by atoms with van der Waals surface area (Å²) in [5, 5.41) is 13.9. The number of sulfonamides is 1. The first-order valence-corrected chi connectivity index (χ1v) is 10.5. The van der Waals surface area contributed by atoms with Gasteiger partial charge >= 0.3 is 0 Å². The van der Waals surface area contributed by atoms with Crippen molar-refractivity contribution in [3.05, 3.63) is 68.7 Å². The number of morpholine rings is 1. The summed E-state index contributed by atoms with van der Waals surface area (Å²) in [4.78, 5) is 23.0. The molecular formula is C18H18ClN3O6S. The maximum atomic E-state index is 13.0. The Morgan fingerprint density at radius 1 is 1.21 bits per heavy atom. The molecule has 0 aromatic heterocycles. The van der Waals surface area contributed by atoms with E-state index < -0.39 is 26.5 Å². The number of nitro benzene ring substituents is 1. The van der Waals surface area contributed by atoms with E-state index in [1.165, 1.54) is 22.5 Å². The summed E-state index contributed by atoms with van der Waals surface area (Å²) in [5.41, 5.74) is -0.207. The smallest absolute Gasteiger partial charge is 0.283 e. The number of halogens is 1. The third kappa shape index (κ3) is 4.73. The molecule has 0 aliphatic carbocycles. The Morgan fingerprint density at radius 3 is 2.59 bits per heavy atom. The number of carbonyl (C=O) groups excluding carboxylic acids is 1. The standard InChI is InChI=1S/C18H18ClN3O6S/c19-14-5-6-15(16(11-14)22(24)25)18(23)20-12-13-3-1-2-4-17(13)29(26,27)21-7-9-28-10-8-21/h1-6,11H,7-10,12H2,(H,20,23). The first-order valence-electron chi connectivity index (χ1n) is 8.68. The Hall–Kier alpha value is -2.53. The maximum Gasteiger partial charge on any atom is 0.283 e. The highest BCUT2D eigenvalue weighted by Crippen LogP contribution is 2.24. The van der Waals surface area contributed by atoms with Crippen LogP contribution >= 0.6 is 11.6 Å². The molecule has 0 atom stereocenters. The molecule has 2 aromatic rings. The van der Waals surface area contributed by atoms with Gasteiger partial charge in [-0.15, -0.1) is 0 Å². The number of hydrogen-bond acceptors (Lipinski definition) is 6. The molecule has 1 N–H and O–H groups in total. The van der Waals surface area contributed by atoms with Gasteiger partial charge in [-0.25, -0.2) is 8.42 Å². The normalized spacial score (nSPS) is 15.1. The fraction of sp³-hybridized carbons (Fsp3) is 0.278. The van der Waals surface area contributed by atoms with Gasteiger partial charge in [0.05, 0.1) is 23.0 Å². The SMILES string of the molecule is O=C(NCc1ccccc1S(=O)(=O)N1CCOCC1)c1ccc(Cl)cc1[N+](=O)[O-]. The van der Waals surface area contributed by atoms with E-state index in [0.717, 1.165) is 6.07 Å². The van der Waals surface area contributed by atoms with Crippen molar-refractivity contribution in [2.45, 2.75) is 11.4 Å². The van der Waals surface area contributed by atoms with Crippen molar-refractivity contribution in [1.29, 1.82) is 0 Å². The predicted octanol–water partition coefficient (Wildman–Crippen LogP) is 2.20. The molecule has 3 rings (SSSR count). The highest BCUT2D eigenvalue weighted by atomic mass is 35.5. The van der Waals surface area contributed by atoms with Crippen molar-refractivity contribution in [2.24, 2.45) is 0 Å². The molecule has 2 aromatic carbocycles. The predicted molar refractivity (Wildman–Crippen MR) is 105 cm³/mol. The number of benzene rings is 2. The Balaban J connectivity index is 1.82. The molecule has 1 fully saturated rings. The van der Waals surface area contributed by atoms with Crippen molar-refractivity contribution in [3.63, 3.8) is 0 Å². The number of ether oxygens (including phenoxy) is 1. The summed E-state index contributed by atoms with van der Waals surface area (Å²) in [7, 11) is -3.76. The third-order valence-electron chi connectivity index (χ3n) is 4.40. The molecule has 0 saturated carbocycles. The van der Waals surface area contributed by atoms with Gasteiger partial charge in [-0.3, -0.25) is 14.9 Å². The van der Waals surface area contributed by atoms with Crippen LogP contribution < -0.4 is 5.32 Å². The van der Waals surface area contributed by atoms with Gasteiger partial charge in [-0.05, 0) is 23.8 Å². The molecule has 1 amide bonds. The highest BCUT2D eigenvalue weighted by Gasteiger charge is 2.28. The van der Waals surface area contributed by atoms with Crippen LogP contribution in [0, 0.1) is 10.1 Å². The van der Waals surface area contributed by atoms with E-state index in [-0.39, 0.29) is 35.1 Å². The molecule has 9 nitrogen and oxygen atoms in total. The van der Waals surface area contributed by atoms with Crippen LogP contribution in [0.5, 0.6) is 0 Å². The number of nitrogens with one attached hydrogen (secondary N) is 1. The lowest BCUT2D eigenvalue weighted by Crippen LogP contribution is -2.41.